The number of hydrogen-bond donors (Lipinski definition) is 3. The van der Waals surface area contributed by atoms with E-state index in [2.05, 4.69) is 19.1 Å². The van der Waals surface area contributed by atoms with Gasteiger partial charge < -0.3 is 20.1 Å². The highest BCUT2D eigenvalue weighted by Gasteiger charge is 2.55. The number of methoxy groups -OCH3 is 1. The molecule has 0 unspecified atom stereocenters. The minimum Gasteiger partial charge on any atom is -0.496 e. The van der Waals surface area contributed by atoms with Crippen LogP contribution in [0.2, 0.25) is 0 Å². The van der Waals surface area contributed by atoms with Crippen LogP contribution in [0.15, 0.2) is 12.1 Å². The van der Waals surface area contributed by atoms with E-state index < -0.39 is 11.5 Å². The first-order valence-electron chi connectivity index (χ1n) is 8.50. The van der Waals surface area contributed by atoms with Crippen molar-refractivity contribution >= 4 is 0 Å². The first-order valence-corrected chi connectivity index (χ1v) is 8.50. The van der Waals surface area contributed by atoms with E-state index in [1.807, 2.05) is 6.92 Å². The van der Waals surface area contributed by atoms with Gasteiger partial charge in [-0.25, -0.2) is 0 Å². The van der Waals surface area contributed by atoms with Crippen LogP contribution in [0.25, 0.3) is 0 Å². The second-order valence-corrected chi connectivity index (χ2v) is 7.71. The molecule has 3 rings (SSSR count). The Kier molecular flexibility index (Phi) is 4.20. The first kappa shape index (κ1) is 16.7. The third-order valence-corrected chi connectivity index (χ3v) is 6.60. The Bertz CT molecular complexity index is 599. The number of ether oxygens (including phenoxy) is 1. The summed E-state index contributed by atoms with van der Waals surface area (Å²) in [6.07, 6.45) is 3.02. The summed E-state index contributed by atoms with van der Waals surface area (Å²) in [6, 6.07) is 4.14. The molecule has 0 bridgehead atoms. The van der Waals surface area contributed by atoms with E-state index in [-0.39, 0.29) is 24.5 Å². The van der Waals surface area contributed by atoms with Gasteiger partial charge in [0.2, 0.25) is 0 Å². The predicted octanol–water partition coefficient (Wildman–Crippen LogP) is 2.16. The molecule has 4 nitrogen and oxygen atoms in total. The number of aliphatic hydroxyl groups is 3. The molecule has 2 aliphatic carbocycles. The fraction of sp³-hybridized carbons (Fsp3) is 0.684. The summed E-state index contributed by atoms with van der Waals surface area (Å²) >= 11 is 0. The summed E-state index contributed by atoms with van der Waals surface area (Å²) < 4.78 is 5.47. The van der Waals surface area contributed by atoms with Gasteiger partial charge in [0.05, 0.1) is 26.4 Å². The van der Waals surface area contributed by atoms with Crippen molar-refractivity contribution in [3.05, 3.63) is 28.8 Å². The van der Waals surface area contributed by atoms with Crippen LogP contribution in [0.4, 0.5) is 0 Å². The van der Waals surface area contributed by atoms with Crippen molar-refractivity contribution in [2.75, 3.05) is 13.7 Å². The molecule has 1 aromatic carbocycles. The van der Waals surface area contributed by atoms with Gasteiger partial charge in [0.25, 0.3) is 0 Å². The van der Waals surface area contributed by atoms with Gasteiger partial charge in [-0.05, 0) is 60.3 Å². The van der Waals surface area contributed by atoms with Crippen LogP contribution < -0.4 is 4.74 Å². The summed E-state index contributed by atoms with van der Waals surface area (Å²) in [5.74, 6) is 0.964. The van der Waals surface area contributed by atoms with Crippen molar-refractivity contribution in [2.24, 2.45) is 11.3 Å². The van der Waals surface area contributed by atoms with Gasteiger partial charge in [-0.15, -0.1) is 0 Å². The molecule has 1 aromatic rings. The van der Waals surface area contributed by atoms with Crippen molar-refractivity contribution in [2.45, 2.75) is 57.7 Å². The molecule has 0 saturated heterocycles. The van der Waals surface area contributed by atoms with E-state index in [0.717, 1.165) is 30.6 Å². The Balaban J connectivity index is 2.12. The fourth-order valence-corrected chi connectivity index (χ4v) is 5.11. The molecule has 0 heterocycles. The molecule has 4 atom stereocenters. The van der Waals surface area contributed by atoms with Crippen LogP contribution in [-0.2, 0) is 18.4 Å². The summed E-state index contributed by atoms with van der Waals surface area (Å²) in [5, 5.41) is 30.0. The predicted molar refractivity (Wildman–Crippen MR) is 88.5 cm³/mol. The molecule has 4 heteroatoms. The van der Waals surface area contributed by atoms with Gasteiger partial charge in [-0.2, -0.15) is 0 Å². The quantitative estimate of drug-likeness (QED) is 0.798. The number of aryl methyl sites for hydroxylation is 1. The van der Waals surface area contributed by atoms with Gasteiger partial charge in [0.1, 0.15) is 5.75 Å². The smallest absolute Gasteiger partial charge is 0.124 e. The number of rotatable bonds is 3. The van der Waals surface area contributed by atoms with Crippen molar-refractivity contribution in [3.8, 4) is 5.75 Å². The van der Waals surface area contributed by atoms with Gasteiger partial charge in [0.15, 0.2) is 0 Å². The van der Waals surface area contributed by atoms with E-state index in [4.69, 9.17) is 4.74 Å². The van der Waals surface area contributed by atoms with Crippen molar-refractivity contribution < 1.29 is 20.1 Å². The first-order chi connectivity index (χ1) is 10.9. The maximum atomic E-state index is 10.5. The Hall–Kier alpha value is -1.10. The van der Waals surface area contributed by atoms with Crippen LogP contribution >= 0.6 is 0 Å². The molecule has 3 N–H and O–H groups in total. The topological polar surface area (TPSA) is 69.9 Å². The lowest BCUT2D eigenvalue weighted by atomic mass is 9.49. The highest BCUT2D eigenvalue weighted by atomic mass is 16.5. The maximum Gasteiger partial charge on any atom is 0.124 e. The molecule has 1 saturated carbocycles. The van der Waals surface area contributed by atoms with Crippen LogP contribution in [0.5, 0.6) is 5.75 Å². The lowest BCUT2D eigenvalue weighted by Crippen LogP contribution is -2.56. The zero-order chi connectivity index (χ0) is 16.8. The molecular weight excluding hydrogens is 292 g/mol. The Morgan fingerprint density at radius 2 is 1.96 bits per heavy atom. The number of hydrogen-bond acceptors (Lipinski definition) is 4. The SMILES string of the molecule is COc1cc2c(cc1CO)CC[C@H]1[C@](C)(CO)[C@H](O)CC[C@]21C. The average Bonchev–Trinajstić information content (AvgIpc) is 2.57. The molecule has 23 heavy (non-hydrogen) atoms. The van der Waals surface area contributed by atoms with Crippen molar-refractivity contribution in [1.82, 2.24) is 0 Å². The van der Waals surface area contributed by atoms with Gasteiger partial charge in [-0.1, -0.05) is 13.8 Å². The Labute approximate surface area is 138 Å². The van der Waals surface area contributed by atoms with Gasteiger partial charge >= 0.3 is 0 Å². The monoisotopic (exact) mass is 320 g/mol. The number of aliphatic hydroxyl groups excluding tert-OH is 3. The summed E-state index contributed by atoms with van der Waals surface area (Å²) in [6.45, 7) is 4.26. The molecule has 0 aliphatic heterocycles. The van der Waals surface area contributed by atoms with Crippen LogP contribution in [0.3, 0.4) is 0 Å². The average molecular weight is 320 g/mol. The van der Waals surface area contributed by atoms with Crippen LogP contribution in [-0.4, -0.2) is 35.1 Å². The largest absolute Gasteiger partial charge is 0.496 e. The molecule has 0 spiro atoms. The standard InChI is InChI=1S/C19H28O4/c1-18-7-6-17(22)19(2,11-21)16(18)5-4-12-8-13(10-20)15(23-3)9-14(12)18/h8-9,16-17,20-22H,4-7,10-11H2,1-3H3/t16-,17-,18-,19+/m1/s1. The van der Waals surface area contributed by atoms with E-state index in [9.17, 15) is 15.3 Å². The minimum atomic E-state index is -0.465. The van der Waals surface area contributed by atoms with E-state index in [0.29, 0.717) is 6.42 Å². The molecule has 2 aliphatic rings. The molecule has 0 radical (unpaired) electrons. The van der Waals surface area contributed by atoms with Crippen molar-refractivity contribution in [3.63, 3.8) is 0 Å². The zero-order valence-electron chi connectivity index (χ0n) is 14.3. The van der Waals surface area contributed by atoms with Crippen LogP contribution in [0.1, 0.15) is 49.8 Å². The maximum absolute atomic E-state index is 10.5. The Morgan fingerprint density at radius 3 is 2.57 bits per heavy atom. The summed E-state index contributed by atoms with van der Waals surface area (Å²) in [5.41, 5.74) is 2.81. The molecule has 128 valence electrons. The van der Waals surface area contributed by atoms with Crippen LogP contribution in [0, 0.1) is 11.3 Å². The summed E-state index contributed by atoms with van der Waals surface area (Å²) in [7, 11) is 1.63. The number of fused-ring (bicyclic) bond motifs is 3. The molecule has 1 fully saturated rings. The second kappa shape index (κ2) is 5.76. The van der Waals surface area contributed by atoms with Crippen molar-refractivity contribution in [1.29, 1.82) is 0 Å². The van der Waals surface area contributed by atoms with E-state index in [1.54, 1.807) is 7.11 Å². The zero-order valence-corrected chi connectivity index (χ0v) is 14.3. The van der Waals surface area contributed by atoms with Gasteiger partial charge in [0, 0.05) is 11.0 Å². The summed E-state index contributed by atoms with van der Waals surface area (Å²) in [4.78, 5) is 0. The highest BCUT2D eigenvalue weighted by molar-refractivity contribution is 5.48. The molecule has 0 aromatic heterocycles. The number of benzene rings is 1. The normalized spacial score (nSPS) is 36.3. The third-order valence-electron chi connectivity index (χ3n) is 6.60. The molecular formula is C19H28O4. The second-order valence-electron chi connectivity index (χ2n) is 7.71. The Morgan fingerprint density at radius 1 is 1.22 bits per heavy atom. The lowest BCUT2D eigenvalue weighted by Gasteiger charge is -2.56. The van der Waals surface area contributed by atoms with E-state index in [1.165, 1.54) is 11.1 Å². The molecule has 0 amide bonds. The minimum absolute atomic E-state index is 0.00954. The fourth-order valence-electron chi connectivity index (χ4n) is 5.11. The van der Waals surface area contributed by atoms with Gasteiger partial charge in [-0.3, -0.25) is 0 Å². The van der Waals surface area contributed by atoms with E-state index >= 15 is 0 Å². The third kappa shape index (κ3) is 2.31. The highest BCUT2D eigenvalue weighted by Crippen LogP contribution is 2.57. The lowest BCUT2D eigenvalue weighted by molar-refractivity contribution is -0.110.